The molecule has 0 aliphatic heterocycles. The maximum Gasteiger partial charge on any atom is 0.193 e. The quantitative estimate of drug-likeness (QED) is 0.794. The van der Waals surface area contributed by atoms with Gasteiger partial charge in [0.1, 0.15) is 0 Å². The lowest BCUT2D eigenvalue weighted by Gasteiger charge is -2.14. The second kappa shape index (κ2) is 2.82. The molecular weight excluding hydrogens is 184 g/mol. The molecule has 0 fully saturated rings. The summed E-state index contributed by atoms with van der Waals surface area (Å²) in [5.74, 6) is 0. The molecule has 0 aromatic carbocycles. The van der Waals surface area contributed by atoms with Gasteiger partial charge in [0, 0.05) is 24.2 Å². The van der Waals surface area contributed by atoms with Gasteiger partial charge in [0.15, 0.2) is 4.96 Å². The average molecular weight is 196 g/mol. The van der Waals surface area contributed by atoms with Gasteiger partial charge in [0.25, 0.3) is 0 Å². The number of hydrogen-bond donors (Lipinski definition) is 1. The molecule has 2 aromatic rings. The van der Waals surface area contributed by atoms with E-state index in [4.69, 9.17) is 0 Å². The summed E-state index contributed by atoms with van der Waals surface area (Å²) >= 11 is 1.60. The van der Waals surface area contributed by atoms with E-state index in [2.05, 4.69) is 4.98 Å². The standard InChI is InChI=1S/C9H12N2OS/c1-9(2,12)5-7-6-11-3-4-13-8(11)10-7/h3-4,6,12H,5H2,1-2H3. The third-order valence-corrected chi connectivity index (χ3v) is 2.53. The van der Waals surface area contributed by atoms with Gasteiger partial charge < -0.3 is 5.11 Å². The number of aliphatic hydroxyl groups is 1. The number of hydrogen-bond acceptors (Lipinski definition) is 3. The lowest BCUT2D eigenvalue weighted by atomic mass is 10.0. The van der Waals surface area contributed by atoms with Gasteiger partial charge in [-0.1, -0.05) is 0 Å². The largest absolute Gasteiger partial charge is 0.390 e. The highest BCUT2D eigenvalue weighted by molar-refractivity contribution is 7.15. The second-order valence-electron chi connectivity index (χ2n) is 3.81. The van der Waals surface area contributed by atoms with E-state index in [1.807, 2.05) is 22.2 Å². The molecule has 70 valence electrons. The minimum absolute atomic E-state index is 0.599. The van der Waals surface area contributed by atoms with Crippen molar-refractivity contribution in [3.63, 3.8) is 0 Å². The Morgan fingerprint density at radius 2 is 2.38 bits per heavy atom. The second-order valence-corrected chi connectivity index (χ2v) is 4.69. The van der Waals surface area contributed by atoms with Crippen molar-refractivity contribution in [2.45, 2.75) is 25.9 Å². The molecule has 0 spiro atoms. The molecule has 0 saturated carbocycles. The van der Waals surface area contributed by atoms with Crippen LogP contribution in [0.25, 0.3) is 4.96 Å². The lowest BCUT2D eigenvalue weighted by Crippen LogP contribution is -2.21. The Morgan fingerprint density at radius 1 is 1.62 bits per heavy atom. The predicted molar refractivity (Wildman–Crippen MR) is 53.1 cm³/mol. The zero-order valence-electron chi connectivity index (χ0n) is 7.69. The van der Waals surface area contributed by atoms with E-state index >= 15 is 0 Å². The molecule has 4 heteroatoms. The zero-order valence-corrected chi connectivity index (χ0v) is 8.51. The van der Waals surface area contributed by atoms with Gasteiger partial charge in [-0.25, -0.2) is 4.98 Å². The van der Waals surface area contributed by atoms with Crippen molar-refractivity contribution in [1.29, 1.82) is 0 Å². The van der Waals surface area contributed by atoms with Crippen LogP contribution in [0.3, 0.4) is 0 Å². The van der Waals surface area contributed by atoms with Crippen LogP contribution in [0.1, 0.15) is 19.5 Å². The average Bonchev–Trinajstić information content (AvgIpc) is 2.40. The van der Waals surface area contributed by atoms with Crippen molar-refractivity contribution in [2.24, 2.45) is 0 Å². The minimum Gasteiger partial charge on any atom is -0.390 e. The van der Waals surface area contributed by atoms with Gasteiger partial charge in [0.2, 0.25) is 0 Å². The summed E-state index contributed by atoms with van der Waals surface area (Å²) in [5.41, 5.74) is 0.267. The van der Waals surface area contributed by atoms with Crippen molar-refractivity contribution >= 4 is 16.3 Å². The highest BCUT2D eigenvalue weighted by Gasteiger charge is 2.15. The van der Waals surface area contributed by atoms with Crippen molar-refractivity contribution in [1.82, 2.24) is 9.38 Å². The number of nitrogens with zero attached hydrogens (tertiary/aromatic N) is 2. The Bertz CT molecular complexity index is 382. The fourth-order valence-corrected chi connectivity index (χ4v) is 2.02. The highest BCUT2D eigenvalue weighted by atomic mass is 32.1. The smallest absolute Gasteiger partial charge is 0.193 e. The van der Waals surface area contributed by atoms with Gasteiger partial charge >= 0.3 is 0 Å². The predicted octanol–water partition coefficient (Wildman–Crippen LogP) is 1.71. The summed E-state index contributed by atoms with van der Waals surface area (Å²) in [6, 6.07) is 0. The van der Waals surface area contributed by atoms with Crippen LogP contribution in [0.2, 0.25) is 0 Å². The van der Waals surface area contributed by atoms with Gasteiger partial charge in [-0.05, 0) is 13.8 Å². The first-order chi connectivity index (χ1) is 6.04. The number of thiazole rings is 1. The van der Waals surface area contributed by atoms with Crippen molar-refractivity contribution in [2.75, 3.05) is 0 Å². The van der Waals surface area contributed by atoms with Crippen molar-refractivity contribution in [3.05, 3.63) is 23.5 Å². The van der Waals surface area contributed by atoms with E-state index in [1.54, 1.807) is 25.2 Å². The highest BCUT2D eigenvalue weighted by Crippen LogP contribution is 2.15. The number of fused-ring (bicyclic) bond motifs is 1. The molecule has 2 rings (SSSR count). The molecular formula is C9H12N2OS. The van der Waals surface area contributed by atoms with Crippen LogP contribution in [-0.2, 0) is 6.42 Å². The van der Waals surface area contributed by atoms with E-state index in [0.717, 1.165) is 10.7 Å². The fourth-order valence-electron chi connectivity index (χ4n) is 1.30. The van der Waals surface area contributed by atoms with Crippen LogP contribution in [0.15, 0.2) is 17.8 Å². The van der Waals surface area contributed by atoms with E-state index in [1.165, 1.54) is 0 Å². The molecule has 0 aliphatic carbocycles. The number of aromatic nitrogens is 2. The van der Waals surface area contributed by atoms with Crippen LogP contribution in [0.4, 0.5) is 0 Å². The number of rotatable bonds is 2. The Hall–Kier alpha value is -0.870. The Balaban J connectivity index is 2.30. The molecule has 3 nitrogen and oxygen atoms in total. The third kappa shape index (κ3) is 1.89. The molecule has 0 atom stereocenters. The van der Waals surface area contributed by atoms with Gasteiger partial charge in [-0.15, -0.1) is 11.3 Å². The van der Waals surface area contributed by atoms with E-state index < -0.39 is 5.60 Å². The molecule has 0 amide bonds. The molecule has 2 aromatic heterocycles. The SMILES string of the molecule is CC(C)(O)Cc1cn2ccsc2n1. The first-order valence-corrected chi connectivity index (χ1v) is 5.06. The van der Waals surface area contributed by atoms with Crippen molar-refractivity contribution in [3.8, 4) is 0 Å². The van der Waals surface area contributed by atoms with Crippen molar-refractivity contribution < 1.29 is 5.11 Å². The maximum absolute atomic E-state index is 9.59. The van der Waals surface area contributed by atoms with Crippen LogP contribution >= 0.6 is 11.3 Å². The molecule has 2 heterocycles. The van der Waals surface area contributed by atoms with E-state index in [0.29, 0.717) is 6.42 Å². The summed E-state index contributed by atoms with van der Waals surface area (Å²) in [7, 11) is 0. The zero-order chi connectivity index (χ0) is 9.47. The molecule has 1 N–H and O–H groups in total. The molecule has 13 heavy (non-hydrogen) atoms. The van der Waals surface area contributed by atoms with Crippen LogP contribution in [-0.4, -0.2) is 20.1 Å². The first kappa shape index (κ1) is 8.72. The molecule has 0 saturated heterocycles. The Kier molecular flexibility index (Phi) is 1.89. The van der Waals surface area contributed by atoms with Gasteiger partial charge in [-0.3, -0.25) is 4.40 Å². The van der Waals surface area contributed by atoms with Gasteiger partial charge in [0.05, 0.1) is 11.3 Å². The number of imidazole rings is 1. The molecule has 0 bridgehead atoms. The summed E-state index contributed by atoms with van der Waals surface area (Å²) in [6.07, 6.45) is 4.53. The fraction of sp³-hybridized carbons (Fsp3) is 0.444. The summed E-state index contributed by atoms with van der Waals surface area (Å²) in [6.45, 7) is 3.58. The maximum atomic E-state index is 9.59. The summed E-state index contributed by atoms with van der Waals surface area (Å²) < 4.78 is 1.98. The normalized spacial score (nSPS) is 12.5. The monoisotopic (exact) mass is 196 g/mol. The third-order valence-electron chi connectivity index (χ3n) is 1.76. The minimum atomic E-state index is -0.677. The van der Waals surface area contributed by atoms with E-state index in [-0.39, 0.29) is 0 Å². The lowest BCUT2D eigenvalue weighted by molar-refractivity contribution is 0.0801. The van der Waals surface area contributed by atoms with E-state index in [9.17, 15) is 5.11 Å². The summed E-state index contributed by atoms with van der Waals surface area (Å²) in [5, 5.41) is 11.6. The Labute approximate surface area is 80.7 Å². The first-order valence-electron chi connectivity index (χ1n) is 4.18. The van der Waals surface area contributed by atoms with Gasteiger partial charge in [-0.2, -0.15) is 0 Å². The van der Waals surface area contributed by atoms with Crippen LogP contribution in [0, 0.1) is 0 Å². The van der Waals surface area contributed by atoms with Crippen LogP contribution < -0.4 is 0 Å². The Morgan fingerprint density at radius 3 is 3.00 bits per heavy atom. The van der Waals surface area contributed by atoms with Crippen LogP contribution in [0.5, 0.6) is 0 Å². The molecule has 0 aliphatic rings. The topological polar surface area (TPSA) is 37.5 Å². The molecule has 0 radical (unpaired) electrons. The molecule has 0 unspecified atom stereocenters. The summed E-state index contributed by atoms with van der Waals surface area (Å²) in [4.78, 5) is 5.36.